The van der Waals surface area contributed by atoms with E-state index in [-0.39, 0.29) is 0 Å². The molecule has 4 nitrogen and oxygen atoms in total. The van der Waals surface area contributed by atoms with Crippen molar-refractivity contribution >= 4 is 5.82 Å². The maximum absolute atomic E-state index is 5.17. The number of anilines is 1. The van der Waals surface area contributed by atoms with Gasteiger partial charge in [0.05, 0.1) is 12.6 Å². The second kappa shape index (κ2) is 7.34. The molecule has 1 N–H and O–H groups in total. The predicted molar refractivity (Wildman–Crippen MR) is 76.1 cm³/mol. The van der Waals surface area contributed by atoms with Crippen LogP contribution in [0.3, 0.4) is 0 Å². The fourth-order valence-corrected chi connectivity index (χ4v) is 1.80. The number of nitrogens with zero attached hydrogens (tertiary/aromatic N) is 2. The van der Waals surface area contributed by atoms with Crippen LogP contribution in [0.5, 0.6) is 0 Å². The number of pyridine rings is 1. The second-order valence-electron chi connectivity index (χ2n) is 4.61. The van der Waals surface area contributed by atoms with Crippen molar-refractivity contribution in [3.8, 4) is 0 Å². The molecular weight excluding hydrogens is 226 g/mol. The molecule has 0 saturated heterocycles. The van der Waals surface area contributed by atoms with Gasteiger partial charge in [-0.15, -0.1) is 0 Å². The van der Waals surface area contributed by atoms with E-state index >= 15 is 0 Å². The zero-order valence-electron chi connectivity index (χ0n) is 12.2. The summed E-state index contributed by atoms with van der Waals surface area (Å²) in [5.41, 5.74) is 2.35. The molecule has 1 aromatic rings. The minimum Gasteiger partial charge on any atom is -0.383 e. The molecule has 0 radical (unpaired) electrons. The lowest BCUT2D eigenvalue weighted by Crippen LogP contribution is -2.33. The number of hydrogen-bond acceptors (Lipinski definition) is 4. The van der Waals surface area contributed by atoms with Crippen LogP contribution in [-0.2, 0) is 11.3 Å². The number of aryl methyl sites for hydroxylation is 1. The molecule has 0 aliphatic rings. The van der Waals surface area contributed by atoms with Crippen LogP contribution in [-0.4, -0.2) is 38.3 Å². The van der Waals surface area contributed by atoms with Crippen LogP contribution in [0.4, 0.5) is 5.82 Å². The van der Waals surface area contributed by atoms with Gasteiger partial charge in [0, 0.05) is 26.4 Å². The van der Waals surface area contributed by atoms with Crippen molar-refractivity contribution in [3.63, 3.8) is 0 Å². The third-order valence-corrected chi connectivity index (χ3v) is 3.18. The topological polar surface area (TPSA) is 37.4 Å². The number of methoxy groups -OCH3 is 1. The van der Waals surface area contributed by atoms with E-state index in [1.807, 2.05) is 0 Å². The van der Waals surface area contributed by atoms with E-state index in [0.717, 1.165) is 24.6 Å². The summed E-state index contributed by atoms with van der Waals surface area (Å²) in [4.78, 5) is 6.81. The van der Waals surface area contributed by atoms with Crippen LogP contribution in [0.2, 0.25) is 0 Å². The van der Waals surface area contributed by atoms with Crippen LogP contribution in [0.1, 0.15) is 25.1 Å². The van der Waals surface area contributed by atoms with E-state index in [2.05, 4.69) is 55.2 Å². The molecule has 1 rings (SSSR count). The van der Waals surface area contributed by atoms with Gasteiger partial charge in [-0.1, -0.05) is 13.0 Å². The standard InChI is InChI=1S/C14H25N3O/c1-6-15-9-13-7-8-14(16-12(13)3)17(4)11(2)10-18-5/h7-8,11,15H,6,9-10H2,1-5H3. The van der Waals surface area contributed by atoms with Crippen LogP contribution in [0.15, 0.2) is 12.1 Å². The number of rotatable bonds is 7. The first kappa shape index (κ1) is 14.9. The van der Waals surface area contributed by atoms with E-state index in [0.29, 0.717) is 12.6 Å². The SMILES string of the molecule is CCNCc1ccc(N(C)C(C)COC)nc1C. The summed E-state index contributed by atoms with van der Waals surface area (Å²) >= 11 is 0. The minimum absolute atomic E-state index is 0.321. The van der Waals surface area contributed by atoms with E-state index < -0.39 is 0 Å². The zero-order valence-corrected chi connectivity index (χ0v) is 12.2. The van der Waals surface area contributed by atoms with Gasteiger partial charge in [-0.25, -0.2) is 4.98 Å². The fraction of sp³-hybridized carbons (Fsp3) is 0.643. The molecule has 0 fully saturated rings. The van der Waals surface area contributed by atoms with Gasteiger partial charge < -0.3 is 15.0 Å². The summed E-state index contributed by atoms with van der Waals surface area (Å²) in [6, 6.07) is 4.55. The van der Waals surface area contributed by atoms with Gasteiger partial charge in [-0.2, -0.15) is 0 Å². The summed E-state index contributed by atoms with van der Waals surface area (Å²) in [6.45, 7) is 8.87. The largest absolute Gasteiger partial charge is 0.383 e. The van der Waals surface area contributed by atoms with Gasteiger partial charge in [0.15, 0.2) is 0 Å². The number of hydrogen-bond donors (Lipinski definition) is 1. The number of likely N-dealkylation sites (N-methyl/N-ethyl adjacent to an activating group) is 1. The smallest absolute Gasteiger partial charge is 0.128 e. The Bertz CT molecular complexity index is 368. The van der Waals surface area contributed by atoms with E-state index in [9.17, 15) is 0 Å². The maximum Gasteiger partial charge on any atom is 0.128 e. The lowest BCUT2D eigenvalue weighted by atomic mass is 10.2. The first-order valence-electron chi connectivity index (χ1n) is 6.49. The quantitative estimate of drug-likeness (QED) is 0.804. The van der Waals surface area contributed by atoms with Crippen molar-refractivity contribution in [1.29, 1.82) is 0 Å². The molecule has 1 atom stereocenters. The van der Waals surface area contributed by atoms with Crippen LogP contribution < -0.4 is 10.2 Å². The average molecular weight is 251 g/mol. The molecule has 0 aromatic carbocycles. The van der Waals surface area contributed by atoms with Crippen molar-refractivity contribution in [2.24, 2.45) is 0 Å². The van der Waals surface area contributed by atoms with Gasteiger partial charge in [0.25, 0.3) is 0 Å². The van der Waals surface area contributed by atoms with Gasteiger partial charge in [-0.05, 0) is 32.0 Å². The Kier molecular flexibility index (Phi) is 6.09. The highest BCUT2D eigenvalue weighted by molar-refractivity contribution is 5.41. The van der Waals surface area contributed by atoms with Crippen molar-refractivity contribution < 1.29 is 4.74 Å². The third kappa shape index (κ3) is 3.96. The molecular formula is C14H25N3O. The molecule has 102 valence electrons. The second-order valence-corrected chi connectivity index (χ2v) is 4.61. The molecule has 0 bridgehead atoms. The molecule has 0 aliphatic carbocycles. The first-order valence-corrected chi connectivity index (χ1v) is 6.49. The maximum atomic E-state index is 5.17. The molecule has 4 heteroatoms. The Morgan fingerprint density at radius 1 is 1.44 bits per heavy atom. The van der Waals surface area contributed by atoms with Crippen molar-refractivity contribution in [3.05, 3.63) is 23.4 Å². The van der Waals surface area contributed by atoms with E-state index in [1.165, 1.54) is 5.56 Å². The van der Waals surface area contributed by atoms with Crippen molar-refractivity contribution in [1.82, 2.24) is 10.3 Å². The van der Waals surface area contributed by atoms with Crippen LogP contribution in [0, 0.1) is 6.92 Å². The summed E-state index contributed by atoms with van der Waals surface area (Å²) in [6.07, 6.45) is 0. The Morgan fingerprint density at radius 3 is 2.72 bits per heavy atom. The molecule has 1 heterocycles. The summed E-state index contributed by atoms with van der Waals surface area (Å²) in [5.74, 6) is 0.997. The Hall–Kier alpha value is -1.13. The lowest BCUT2D eigenvalue weighted by molar-refractivity contribution is 0.183. The lowest BCUT2D eigenvalue weighted by Gasteiger charge is -2.26. The summed E-state index contributed by atoms with van der Waals surface area (Å²) < 4.78 is 5.17. The Balaban J connectivity index is 2.76. The molecule has 0 saturated carbocycles. The first-order chi connectivity index (χ1) is 8.60. The predicted octanol–water partition coefficient (Wildman–Crippen LogP) is 1.97. The Labute approximate surface area is 110 Å². The summed E-state index contributed by atoms with van der Waals surface area (Å²) in [7, 11) is 3.78. The van der Waals surface area contributed by atoms with Crippen molar-refractivity contribution in [2.75, 3.05) is 32.2 Å². The van der Waals surface area contributed by atoms with Gasteiger partial charge >= 0.3 is 0 Å². The Morgan fingerprint density at radius 2 is 2.17 bits per heavy atom. The third-order valence-electron chi connectivity index (χ3n) is 3.18. The molecule has 0 aliphatic heterocycles. The van der Waals surface area contributed by atoms with Gasteiger partial charge in [0.1, 0.15) is 5.82 Å². The molecule has 0 spiro atoms. The molecule has 1 aromatic heterocycles. The number of nitrogens with one attached hydrogen (secondary N) is 1. The van der Waals surface area contributed by atoms with Crippen LogP contribution >= 0.6 is 0 Å². The fourth-order valence-electron chi connectivity index (χ4n) is 1.80. The molecule has 18 heavy (non-hydrogen) atoms. The van der Waals surface area contributed by atoms with Crippen LogP contribution in [0.25, 0.3) is 0 Å². The normalized spacial score (nSPS) is 12.5. The van der Waals surface area contributed by atoms with E-state index in [4.69, 9.17) is 4.74 Å². The molecule has 0 amide bonds. The molecule has 1 unspecified atom stereocenters. The highest BCUT2D eigenvalue weighted by Gasteiger charge is 2.11. The monoisotopic (exact) mass is 251 g/mol. The highest BCUT2D eigenvalue weighted by Crippen LogP contribution is 2.15. The van der Waals surface area contributed by atoms with Gasteiger partial charge in [0.2, 0.25) is 0 Å². The number of ether oxygens (including phenoxy) is 1. The number of aromatic nitrogens is 1. The average Bonchev–Trinajstić information content (AvgIpc) is 2.36. The summed E-state index contributed by atoms with van der Waals surface area (Å²) in [5, 5.41) is 3.32. The minimum atomic E-state index is 0.321. The van der Waals surface area contributed by atoms with Crippen molar-refractivity contribution in [2.45, 2.75) is 33.4 Å². The van der Waals surface area contributed by atoms with E-state index in [1.54, 1.807) is 7.11 Å². The zero-order chi connectivity index (χ0) is 13.5. The highest BCUT2D eigenvalue weighted by atomic mass is 16.5. The van der Waals surface area contributed by atoms with Gasteiger partial charge in [-0.3, -0.25) is 0 Å².